The van der Waals surface area contributed by atoms with Crippen LogP contribution in [0, 0.1) is 5.41 Å². The van der Waals surface area contributed by atoms with Crippen LogP contribution in [0.15, 0.2) is 66.7 Å². The zero-order valence-electron chi connectivity index (χ0n) is 14.6. The second kappa shape index (κ2) is 7.63. The highest BCUT2D eigenvalue weighted by Crippen LogP contribution is 2.31. The topological polar surface area (TPSA) is 136 Å². The van der Waals surface area contributed by atoms with E-state index in [1.165, 1.54) is 18.2 Å². The van der Waals surface area contributed by atoms with Gasteiger partial charge in [0.2, 0.25) is 0 Å². The molecule has 0 spiro atoms. The highest BCUT2D eigenvalue weighted by atomic mass is 16.4. The standard InChI is InChI=1S/C21H17N3O4/c22-19(23)12-5-7-13(8-6-12)24-20(26)16-4-2-1-3-15(16)18-11-14(25)9-10-17(18)21(27)28/h1-11,25H,(H3,22,23)(H,24,26)(H,27,28). The van der Waals surface area contributed by atoms with E-state index >= 15 is 0 Å². The third-order valence-corrected chi connectivity index (χ3v) is 4.15. The van der Waals surface area contributed by atoms with E-state index in [0.29, 0.717) is 16.8 Å². The number of rotatable bonds is 5. The SMILES string of the molecule is N=C(N)c1ccc(NC(=O)c2ccccc2-c2cc(O)ccc2C(=O)O)cc1. The van der Waals surface area contributed by atoms with Gasteiger partial charge in [0.1, 0.15) is 11.6 Å². The number of nitrogens with one attached hydrogen (secondary N) is 2. The van der Waals surface area contributed by atoms with Gasteiger partial charge in [-0.05, 0) is 54.1 Å². The van der Waals surface area contributed by atoms with E-state index in [2.05, 4.69) is 5.32 Å². The van der Waals surface area contributed by atoms with Crippen molar-refractivity contribution in [1.82, 2.24) is 0 Å². The monoisotopic (exact) mass is 375 g/mol. The predicted octanol–water partition coefficient (Wildman–Crippen LogP) is 3.29. The molecule has 1 amide bonds. The second-order valence-corrected chi connectivity index (χ2v) is 6.03. The molecule has 0 aliphatic carbocycles. The molecule has 28 heavy (non-hydrogen) atoms. The summed E-state index contributed by atoms with van der Waals surface area (Å²) in [5.74, 6) is -1.78. The van der Waals surface area contributed by atoms with Gasteiger partial charge in [0.05, 0.1) is 5.56 Å². The Balaban J connectivity index is 1.99. The van der Waals surface area contributed by atoms with Gasteiger partial charge in [0, 0.05) is 22.4 Å². The molecule has 3 aromatic carbocycles. The largest absolute Gasteiger partial charge is 0.508 e. The lowest BCUT2D eigenvalue weighted by Crippen LogP contribution is -2.14. The summed E-state index contributed by atoms with van der Waals surface area (Å²) in [7, 11) is 0. The van der Waals surface area contributed by atoms with Crippen LogP contribution >= 0.6 is 0 Å². The Labute approximate surface area is 160 Å². The smallest absolute Gasteiger partial charge is 0.336 e. The zero-order valence-corrected chi connectivity index (χ0v) is 14.6. The molecule has 0 aliphatic heterocycles. The molecule has 0 fully saturated rings. The van der Waals surface area contributed by atoms with Gasteiger partial charge in [-0.25, -0.2) is 4.79 Å². The quantitative estimate of drug-likeness (QED) is 0.344. The van der Waals surface area contributed by atoms with Gasteiger partial charge in [-0.3, -0.25) is 10.2 Å². The van der Waals surface area contributed by atoms with Gasteiger partial charge in [-0.1, -0.05) is 18.2 Å². The van der Waals surface area contributed by atoms with Gasteiger partial charge in [0.25, 0.3) is 5.91 Å². The minimum Gasteiger partial charge on any atom is -0.508 e. The maximum atomic E-state index is 12.8. The third-order valence-electron chi connectivity index (χ3n) is 4.15. The number of carboxylic acids is 1. The fraction of sp³-hybridized carbons (Fsp3) is 0. The molecule has 7 heteroatoms. The van der Waals surface area contributed by atoms with E-state index in [-0.39, 0.29) is 28.3 Å². The summed E-state index contributed by atoms with van der Waals surface area (Å²) in [6, 6.07) is 16.9. The lowest BCUT2D eigenvalue weighted by atomic mass is 9.94. The number of carbonyl (C=O) groups excluding carboxylic acids is 1. The van der Waals surface area contributed by atoms with E-state index < -0.39 is 11.9 Å². The number of aromatic hydroxyl groups is 1. The molecule has 0 radical (unpaired) electrons. The average Bonchev–Trinajstić information content (AvgIpc) is 2.68. The molecular formula is C21H17N3O4. The molecule has 140 valence electrons. The van der Waals surface area contributed by atoms with E-state index in [4.69, 9.17) is 11.1 Å². The summed E-state index contributed by atoms with van der Waals surface area (Å²) in [5.41, 5.74) is 7.31. The lowest BCUT2D eigenvalue weighted by Gasteiger charge is -2.13. The first-order valence-corrected chi connectivity index (χ1v) is 8.28. The van der Waals surface area contributed by atoms with Gasteiger partial charge in [-0.15, -0.1) is 0 Å². The number of carboxylic acid groups (broad SMARTS) is 1. The van der Waals surface area contributed by atoms with Gasteiger partial charge >= 0.3 is 5.97 Å². The summed E-state index contributed by atoms with van der Waals surface area (Å²) in [6.45, 7) is 0. The number of phenolic OH excluding ortho intramolecular Hbond substituents is 1. The maximum Gasteiger partial charge on any atom is 0.336 e. The Bertz CT molecular complexity index is 1080. The van der Waals surface area contributed by atoms with Crippen molar-refractivity contribution in [1.29, 1.82) is 5.41 Å². The van der Waals surface area contributed by atoms with Crippen molar-refractivity contribution in [3.05, 3.63) is 83.4 Å². The number of carbonyl (C=O) groups is 2. The number of hydrogen-bond acceptors (Lipinski definition) is 4. The highest BCUT2D eigenvalue weighted by Gasteiger charge is 2.18. The molecule has 3 aromatic rings. The number of phenols is 1. The molecule has 0 aliphatic rings. The lowest BCUT2D eigenvalue weighted by molar-refractivity contribution is 0.0697. The fourth-order valence-corrected chi connectivity index (χ4v) is 2.79. The molecule has 0 atom stereocenters. The molecule has 7 nitrogen and oxygen atoms in total. The van der Waals surface area contributed by atoms with Crippen LogP contribution in [0.25, 0.3) is 11.1 Å². The van der Waals surface area contributed by atoms with Crippen molar-refractivity contribution in [3.8, 4) is 16.9 Å². The first-order chi connectivity index (χ1) is 13.4. The molecule has 0 unspecified atom stereocenters. The Kier molecular flexibility index (Phi) is 5.08. The van der Waals surface area contributed by atoms with Crippen LogP contribution in [0.4, 0.5) is 5.69 Å². The Morgan fingerprint density at radius 1 is 0.893 bits per heavy atom. The number of hydrogen-bond donors (Lipinski definition) is 5. The molecule has 6 N–H and O–H groups in total. The van der Waals surface area contributed by atoms with Crippen LogP contribution in [0.3, 0.4) is 0 Å². The van der Waals surface area contributed by atoms with Crippen LogP contribution in [0.2, 0.25) is 0 Å². The van der Waals surface area contributed by atoms with Crippen LogP contribution < -0.4 is 11.1 Å². The molecule has 0 saturated carbocycles. The Hall–Kier alpha value is -4.13. The van der Waals surface area contributed by atoms with Crippen molar-refractivity contribution >= 4 is 23.4 Å². The number of benzene rings is 3. The van der Waals surface area contributed by atoms with E-state index in [1.54, 1.807) is 48.5 Å². The first kappa shape index (κ1) is 18.7. The van der Waals surface area contributed by atoms with E-state index in [1.807, 2.05) is 0 Å². The van der Waals surface area contributed by atoms with Crippen LogP contribution in [-0.4, -0.2) is 27.9 Å². The van der Waals surface area contributed by atoms with Crippen molar-refractivity contribution in [2.75, 3.05) is 5.32 Å². The average molecular weight is 375 g/mol. The molecule has 0 saturated heterocycles. The van der Waals surface area contributed by atoms with Crippen molar-refractivity contribution in [2.45, 2.75) is 0 Å². The normalized spacial score (nSPS) is 10.3. The van der Waals surface area contributed by atoms with Crippen molar-refractivity contribution in [3.63, 3.8) is 0 Å². The van der Waals surface area contributed by atoms with Crippen LogP contribution in [-0.2, 0) is 0 Å². The number of nitrogens with two attached hydrogens (primary N) is 1. The zero-order chi connectivity index (χ0) is 20.3. The summed E-state index contributed by atoms with van der Waals surface area (Å²) >= 11 is 0. The van der Waals surface area contributed by atoms with Crippen LogP contribution in [0.1, 0.15) is 26.3 Å². The van der Waals surface area contributed by atoms with Crippen LogP contribution in [0.5, 0.6) is 5.75 Å². The molecule has 0 heterocycles. The molecule has 0 bridgehead atoms. The number of aromatic carboxylic acids is 1. The summed E-state index contributed by atoms with van der Waals surface area (Å²) < 4.78 is 0. The number of nitrogen functional groups attached to an aromatic ring is 1. The Morgan fingerprint density at radius 3 is 2.21 bits per heavy atom. The third kappa shape index (κ3) is 3.83. The summed E-state index contributed by atoms with van der Waals surface area (Å²) in [6.07, 6.45) is 0. The van der Waals surface area contributed by atoms with E-state index in [9.17, 15) is 19.8 Å². The maximum absolute atomic E-state index is 12.8. The van der Waals surface area contributed by atoms with E-state index in [0.717, 1.165) is 0 Å². The fourth-order valence-electron chi connectivity index (χ4n) is 2.79. The van der Waals surface area contributed by atoms with Gasteiger partial charge in [-0.2, -0.15) is 0 Å². The summed E-state index contributed by atoms with van der Waals surface area (Å²) in [4.78, 5) is 24.4. The van der Waals surface area contributed by atoms with Gasteiger partial charge in [0.15, 0.2) is 0 Å². The summed E-state index contributed by atoms with van der Waals surface area (Å²) in [5, 5.41) is 29.4. The molecular weight excluding hydrogens is 358 g/mol. The minimum absolute atomic E-state index is 0.0242. The Morgan fingerprint density at radius 2 is 1.57 bits per heavy atom. The number of amidine groups is 1. The molecule has 3 rings (SSSR count). The minimum atomic E-state index is -1.16. The second-order valence-electron chi connectivity index (χ2n) is 6.03. The number of amides is 1. The van der Waals surface area contributed by atoms with Gasteiger partial charge < -0.3 is 21.3 Å². The number of anilines is 1. The molecule has 0 aromatic heterocycles. The first-order valence-electron chi connectivity index (χ1n) is 8.28. The predicted molar refractivity (Wildman–Crippen MR) is 106 cm³/mol. The van der Waals surface area contributed by atoms with Crippen molar-refractivity contribution < 1.29 is 19.8 Å². The van der Waals surface area contributed by atoms with Crippen molar-refractivity contribution in [2.24, 2.45) is 5.73 Å². The highest BCUT2D eigenvalue weighted by molar-refractivity contribution is 6.10.